The van der Waals surface area contributed by atoms with Crippen molar-refractivity contribution < 1.29 is 9.59 Å². The second-order valence-electron chi connectivity index (χ2n) is 7.84. The minimum absolute atomic E-state index is 0.0945. The smallest absolute Gasteiger partial charge is 0.271 e. The summed E-state index contributed by atoms with van der Waals surface area (Å²) in [6.45, 7) is 1.15. The maximum Gasteiger partial charge on any atom is 0.271 e. The van der Waals surface area contributed by atoms with Gasteiger partial charge < -0.3 is 10.2 Å². The van der Waals surface area contributed by atoms with Crippen LogP contribution in [0.2, 0.25) is 0 Å². The van der Waals surface area contributed by atoms with Crippen LogP contribution in [0.15, 0.2) is 30.6 Å². The molecule has 2 aromatic heterocycles. The van der Waals surface area contributed by atoms with Crippen molar-refractivity contribution in [1.29, 1.82) is 0 Å². The van der Waals surface area contributed by atoms with E-state index in [-0.39, 0.29) is 17.7 Å². The topological polar surface area (TPSA) is 91.0 Å². The summed E-state index contributed by atoms with van der Waals surface area (Å²) in [5.41, 5.74) is 2.09. The average Bonchev–Trinajstić information content (AvgIpc) is 3.25. The van der Waals surface area contributed by atoms with Crippen LogP contribution in [0.25, 0.3) is 11.3 Å². The second kappa shape index (κ2) is 8.54. The zero-order valence-corrected chi connectivity index (χ0v) is 16.1. The Bertz CT molecular complexity index is 813. The molecule has 0 radical (unpaired) electrons. The third-order valence-corrected chi connectivity index (χ3v) is 5.82. The van der Waals surface area contributed by atoms with Gasteiger partial charge >= 0.3 is 0 Å². The molecule has 1 atom stereocenters. The number of nitrogens with zero attached hydrogens (tertiary/aromatic N) is 3. The van der Waals surface area contributed by atoms with E-state index in [2.05, 4.69) is 20.5 Å². The van der Waals surface area contributed by atoms with Crippen molar-refractivity contribution in [3.8, 4) is 11.3 Å². The number of nitrogens with one attached hydrogen (secondary N) is 2. The van der Waals surface area contributed by atoms with E-state index >= 15 is 0 Å². The van der Waals surface area contributed by atoms with Gasteiger partial charge in [-0.3, -0.25) is 19.7 Å². The van der Waals surface area contributed by atoms with Gasteiger partial charge in [-0.1, -0.05) is 19.3 Å². The number of likely N-dealkylation sites (tertiary alicyclic amines) is 1. The average molecular weight is 381 g/mol. The van der Waals surface area contributed by atoms with Crippen LogP contribution in [0.4, 0.5) is 0 Å². The Labute approximate surface area is 164 Å². The monoisotopic (exact) mass is 381 g/mol. The number of aromatic nitrogens is 3. The molecule has 7 nitrogen and oxygen atoms in total. The number of piperidine rings is 1. The van der Waals surface area contributed by atoms with Crippen LogP contribution < -0.4 is 5.32 Å². The third-order valence-electron chi connectivity index (χ3n) is 5.82. The van der Waals surface area contributed by atoms with Crippen LogP contribution in [0, 0.1) is 5.92 Å². The van der Waals surface area contributed by atoms with E-state index in [1.165, 1.54) is 19.3 Å². The molecule has 1 aliphatic carbocycles. The number of carbonyl (C=O) groups excluding carboxylic acids is 2. The molecule has 7 heteroatoms. The molecule has 1 aliphatic heterocycles. The summed E-state index contributed by atoms with van der Waals surface area (Å²) in [4.78, 5) is 31.4. The molecular formula is C21H27N5O2. The van der Waals surface area contributed by atoms with Crippen molar-refractivity contribution in [3.63, 3.8) is 0 Å². The Morgan fingerprint density at radius 2 is 1.86 bits per heavy atom. The second-order valence-corrected chi connectivity index (χ2v) is 7.84. The standard InChI is InChI=1S/C21H27N5O2/c27-20(23-17-6-2-1-3-7-17)16-5-4-12-26(14-16)21(28)19-13-18(24-25-19)15-8-10-22-11-9-15/h8-11,13,16-17H,1-7,12,14H2,(H,23,27)(H,24,25)/t16-/m1/s1. The van der Waals surface area contributed by atoms with Gasteiger partial charge in [0.1, 0.15) is 5.69 Å². The number of H-pyrrole nitrogens is 1. The molecule has 1 saturated heterocycles. The summed E-state index contributed by atoms with van der Waals surface area (Å²) in [5.74, 6) is -0.114. The summed E-state index contributed by atoms with van der Waals surface area (Å²) >= 11 is 0. The first-order valence-corrected chi connectivity index (χ1v) is 10.3. The van der Waals surface area contributed by atoms with Gasteiger partial charge in [-0.25, -0.2) is 0 Å². The number of aromatic amines is 1. The molecule has 2 aromatic rings. The van der Waals surface area contributed by atoms with Gasteiger partial charge in [-0.2, -0.15) is 5.10 Å². The highest BCUT2D eigenvalue weighted by Gasteiger charge is 2.30. The molecule has 0 unspecified atom stereocenters. The van der Waals surface area contributed by atoms with E-state index < -0.39 is 0 Å². The summed E-state index contributed by atoms with van der Waals surface area (Å²) in [5, 5.41) is 10.3. The Kier molecular flexibility index (Phi) is 5.69. The van der Waals surface area contributed by atoms with E-state index in [9.17, 15) is 9.59 Å². The Hall–Kier alpha value is -2.70. The van der Waals surface area contributed by atoms with Crippen LogP contribution in [-0.2, 0) is 4.79 Å². The molecule has 4 rings (SSSR count). The van der Waals surface area contributed by atoms with E-state index in [4.69, 9.17) is 0 Å². The fraction of sp³-hybridized carbons (Fsp3) is 0.524. The number of hydrogen-bond acceptors (Lipinski definition) is 4. The Morgan fingerprint density at radius 1 is 1.07 bits per heavy atom. The van der Waals surface area contributed by atoms with Crippen molar-refractivity contribution in [1.82, 2.24) is 25.4 Å². The summed E-state index contributed by atoms with van der Waals surface area (Å²) in [6, 6.07) is 5.79. The van der Waals surface area contributed by atoms with Gasteiger partial charge in [0.25, 0.3) is 5.91 Å². The number of amides is 2. The molecule has 2 fully saturated rings. The van der Waals surface area contributed by atoms with Crippen LogP contribution in [-0.4, -0.2) is 51.0 Å². The number of pyridine rings is 1. The SMILES string of the molecule is O=C(NC1CCCCC1)[C@@H]1CCCN(C(=O)c2cc(-c3ccncc3)n[nH]2)C1. The van der Waals surface area contributed by atoms with Gasteiger partial charge in [0.2, 0.25) is 5.91 Å². The lowest BCUT2D eigenvalue weighted by Gasteiger charge is -2.33. The molecule has 3 heterocycles. The molecule has 2 amide bonds. The number of carbonyl (C=O) groups is 2. The lowest BCUT2D eigenvalue weighted by Crippen LogP contribution is -2.48. The van der Waals surface area contributed by atoms with Crippen LogP contribution in [0.3, 0.4) is 0 Å². The highest BCUT2D eigenvalue weighted by Crippen LogP contribution is 2.23. The zero-order valence-electron chi connectivity index (χ0n) is 16.1. The predicted octanol–water partition coefficient (Wildman–Crippen LogP) is 2.77. The highest BCUT2D eigenvalue weighted by atomic mass is 16.2. The van der Waals surface area contributed by atoms with Gasteiger partial charge in [0, 0.05) is 37.1 Å². The number of hydrogen-bond donors (Lipinski definition) is 2. The molecule has 2 N–H and O–H groups in total. The van der Waals surface area contributed by atoms with Gasteiger partial charge in [0.15, 0.2) is 0 Å². The van der Waals surface area contributed by atoms with Gasteiger partial charge in [-0.05, 0) is 43.9 Å². The number of rotatable bonds is 4. The first kappa shape index (κ1) is 18.7. The molecule has 2 aliphatic rings. The van der Waals surface area contributed by atoms with Crippen LogP contribution in [0.1, 0.15) is 55.4 Å². The Balaban J connectivity index is 1.38. The molecule has 1 saturated carbocycles. The van der Waals surface area contributed by atoms with Gasteiger partial charge in [0.05, 0.1) is 11.6 Å². The minimum atomic E-state index is -0.123. The van der Waals surface area contributed by atoms with Gasteiger partial charge in [-0.15, -0.1) is 0 Å². The predicted molar refractivity (Wildman–Crippen MR) is 105 cm³/mol. The molecule has 28 heavy (non-hydrogen) atoms. The van der Waals surface area contributed by atoms with E-state index in [0.29, 0.717) is 30.5 Å². The summed E-state index contributed by atoms with van der Waals surface area (Å²) in [6.07, 6.45) is 10.9. The van der Waals surface area contributed by atoms with Crippen molar-refractivity contribution in [2.45, 2.75) is 51.0 Å². The van der Waals surface area contributed by atoms with Crippen molar-refractivity contribution >= 4 is 11.8 Å². The lowest BCUT2D eigenvalue weighted by molar-refractivity contribution is -0.127. The lowest BCUT2D eigenvalue weighted by atomic mass is 9.93. The minimum Gasteiger partial charge on any atom is -0.353 e. The largest absolute Gasteiger partial charge is 0.353 e. The first-order valence-electron chi connectivity index (χ1n) is 10.3. The summed E-state index contributed by atoms with van der Waals surface area (Å²) < 4.78 is 0. The van der Waals surface area contributed by atoms with E-state index in [1.54, 1.807) is 23.4 Å². The van der Waals surface area contributed by atoms with Crippen molar-refractivity contribution in [3.05, 3.63) is 36.3 Å². The van der Waals surface area contributed by atoms with Crippen LogP contribution in [0.5, 0.6) is 0 Å². The third kappa shape index (κ3) is 4.24. The first-order chi connectivity index (χ1) is 13.7. The van der Waals surface area contributed by atoms with E-state index in [1.807, 2.05) is 12.1 Å². The molecular weight excluding hydrogens is 354 g/mol. The van der Waals surface area contributed by atoms with Crippen molar-refractivity contribution in [2.75, 3.05) is 13.1 Å². The van der Waals surface area contributed by atoms with Crippen molar-refractivity contribution in [2.24, 2.45) is 5.92 Å². The maximum atomic E-state index is 12.9. The molecule has 148 valence electrons. The molecule has 0 bridgehead atoms. The highest BCUT2D eigenvalue weighted by molar-refractivity contribution is 5.94. The fourth-order valence-electron chi connectivity index (χ4n) is 4.21. The molecule has 0 spiro atoms. The maximum absolute atomic E-state index is 12.9. The van der Waals surface area contributed by atoms with E-state index in [0.717, 1.165) is 31.2 Å². The normalized spacial score (nSPS) is 20.7. The summed E-state index contributed by atoms with van der Waals surface area (Å²) in [7, 11) is 0. The quantitative estimate of drug-likeness (QED) is 0.852. The fourth-order valence-corrected chi connectivity index (χ4v) is 4.21. The Morgan fingerprint density at radius 3 is 2.64 bits per heavy atom. The molecule has 0 aromatic carbocycles. The zero-order chi connectivity index (χ0) is 19.3. The van der Waals surface area contributed by atoms with Crippen LogP contribution >= 0.6 is 0 Å².